The SMILES string of the molecule is CCC1(CC)c2ccccc2-c2ccc(-n3c4ccc(N(c5ccccc5)c5ccc6ccc7cccc8ccc5c6c78)cc4c4cc(N(c5ccccc5)c5ccc6ccc7cccc8ccc5c6c78)ccc43)cc21. The van der Waals surface area contributed by atoms with Crippen molar-refractivity contribution in [2.45, 2.75) is 32.1 Å². The quantitative estimate of drug-likeness (QED) is 0.134. The van der Waals surface area contributed by atoms with Gasteiger partial charge in [0.05, 0.1) is 22.4 Å². The summed E-state index contributed by atoms with van der Waals surface area (Å²) in [7, 11) is 0. The molecule has 0 amide bonds. The summed E-state index contributed by atoms with van der Waals surface area (Å²) < 4.78 is 2.53. The minimum atomic E-state index is -0.0608. The van der Waals surface area contributed by atoms with Crippen molar-refractivity contribution in [3.05, 3.63) is 260 Å². The van der Waals surface area contributed by atoms with Crippen LogP contribution >= 0.6 is 0 Å². The first-order valence-corrected chi connectivity index (χ1v) is 26.9. The molecular formula is C73H51N3. The van der Waals surface area contributed by atoms with E-state index in [9.17, 15) is 0 Å². The number of benzene rings is 14. The zero-order valence-electron chi connectivity index (χ0n) is 42.4. The maximum atomic E-state index is 2.53. The fraction of sp³-hybridized carbons (Fsp3) is 0.0685. The van der Waals surface area contributed by atoms with Gasteiger partial charge in [-0.15, -0.1) is 0 Å². The van der Waals surface area contributed by atoms with E-state index in [0.717, 1.165) is 47.0 Å². The molecule has 1 aromatic heterocycles. The second-order valence-electron chi connectivity index (χ2n) is 21.0. The summed E-state index contributed by atoms with van der Waals surface area (Å²) >= 11 is 0. The second kappa shape index (κ2) is 16.3. The Morgan fingerprint density at radius 1 is 0.316 bits per heavy atom. The monoisotopic (exact) mass is 969 g/mol. The third kappa shape index (κ3) is 6.00. The third-order valence-corrected chi connectivity index (χ3v) is 17.5. The summed E-state index contributed by atoms with van der Waals surface area (Å²) in [5.74, 6) is 0. The van der Waals surface area contributed by atoms with E-state index in [4.69, 9.17) is 0 Å². The molecule has 1 heterocycles. The summed E-state index contributed by atoms with van der Waals surface area (Å²) in [6.07, 6.45) is 2.07. The van der Waals surface area contributed by atoms with Gasteiger partial charge < -0.3 is 14.4 Å². The van der Waals surface area contributed by atoms with Gasteiger partial charge in [0.1, 0.15) is 0 Å². The van der Waals surface area contributed by atoms with Gasteiger partial charge in [0.25, 0.3) is 0 Å². The summed E-state index contributed by atoms with van der Waals surface area (Å²) in [6, 6.07) is 93.5. The molecule has 1 aliphatic rings. The Morgan fingerprint density at radius 3 is 1.25 bits per heavy atom. The molecule has 0 spiro atoms. The molecule has 0 atom stereocenters. The minimum Gasteiger partial charge on any atom is -0.310 e. The van der Waals surface area contributed by atoms with E-state index < -0.39 is 0 Å². The molecule has 0 aliphatic heterocycles. The first kappa shape index (κ1) is 43.0. The maximum Gasteiger partial charge on any atom is 0.0542 e. The van der Waals surface area contributed by atoms with Crippen LogP contribution in [0.15, 0.2) is 249 Å². The molecule has 0 bridgehead atoms. The number of nitrogens with zero attached hydrogens (tertiary/aromatic N) is 3. The fourth-order valence-electron chi connectivity index (χ4n) is 14.0. The standard InChI is InChI=1S/C73H51N3/c1-3-73(4-2)63-24-12-11-23-57(63)58-38-33-56(45-64(58)73)76-67-41-34-54(74(52-19-7-5-8-20-52)65-39-31-50-27-25-46-15-13-17-48-29-36-59(65)71(50)69(46)48)43-61(67)62-44-55(35-42-68(62)76)75(53-21-9-6-10-22-53)66-40-32-51-28-26-47-16-14-18-49-30-37-60(66)72(51)70(47)49/h5-45H,3-4H2,1-2H3. The van der Waals surface area contributed by atoms with Crippen LogP contribution < -0.4 is 9.80 Å². The van der Waals surface area contributed by atoms with Crippen molar-refractivity contribution >= 4 is 121 Å². The van der Waals surface area contributed by atoms with Crippen LogP contribution in [0.2, 0.25) is 0 Å². The number of aromatic nitrogens is 1. The first-order valence-electron chi connectivity index (χ1n) is 26.9. The number of hydrogen-bond acceptors (Lipinski definition) is 2. The predicted molar refractivity (Wildman–Crippen MR) is 324 cm³/mol. The molecule has 1 aliphatic carbocycles. The number of hydrogen-bond donors (Lipinski definition) is 0. The summed E-state index contributed by atoms with van der Waals surface area (Å²) in [5.41, 5.74) is 15.8. The van der Waals surface area contributed by atoms with Crippen LogP contribution in [0.5, 0.6) is 0 Å². The molecule has 76 heavy (non-hydrogen) atoms. The van der Waals surface area contributed by atoms with Gasteiger partial charge >= 0.3 is 0 Å². The van der Waals surface area contributed by atoms with Crippen molar-refractivity contribution in [2.75, 3.05) is 9.80 Å². The third-order valence-electron chi connectivity index (χ3n) is 17.5. The van der Waals surface area contributed by atoms with E-state index in [1.807, 2.05) is 0 Å². The Bertz CT molecular complexity index is 4510. The van der Waals surface area contributed by atoms with E-state index in [0.29, 0.717) is 0 Å². The van der Waals surface area contributed by atoms with Crippen LogP contribution in [-0.4, -0.2) is 4.57 Å². The normalized spacial score (nSPS) is 13.1. The van der Waals surface area contributed by atoms with Crippen molar-refractivity contribution < 1.29 is 0 Å². The first-order chi connectivity index (χ1) is 37.6. The van der Waals surface area contributed by atoms with E-state index >= 15 is 0 Å². The molecule has 0 N–H and O–H groups in total. The van der Waals surface area contributed by atoms with Gasteiger partial charge in [-0.2, -0.15) is 0 Å². The molecule has 3 nitrogen and oxygen atoms in total. The highest BCUT2D eigenvalue weighted by molar-refractivity contribution is 6.27. The van der Waals surface area contributed by atoms with E-state index in [-0.39, 0.29) is 5.41 Å². The lowest BCUT2D eigenvalue weighted by Crippen LogP contribution is -2.23. The van der Waals surface area contributed by atoms with E-state index in [2.05, 4.69) is 277 Å². The molecule has 16 rings (SSSR count). The molecule has 0 saturated heterocycles. The largest absolute Gasteiger partial charge is 0.310 e. The Balaban J connectivity index is 0.967. The zero-order chi connectivity index (χ0) is 50.2. The van der Waals surface area contributed by atoms with Crippen LogP contribution in [0, 0.1) is 0 Å². The molecule has 14 aromatic carbocycles. The highest BCUT2D eigenvalue weighted by Crippen LogP contribution is 2.54. The van der Waals surface area contributed by atoms with E-state index in [1.54, 1.807) is 0 Å². The van der Waals surface area contributed by atoms with Crippen molar-refractivity contribution in [3.63, 3.8) is 0 Å². The smallest absolute Gasteiger partial charge is 0.0542 e. The second-order valence-corrected chi connectivity index (χ2v) is 21.0. The molecule has 0 unspecified atom stereocenters. The number of rotatable bonds is 9. The zero-order valence-corrected chi connectivity index (χ0v) is 42.4. The van der Waals surface area contributed by atoms with Gasteiger partial charge in [-0.05, 0) is 174 Å². The van der Waals surface area contributed by atoms with Crippen LogP contribution in [0.4, 0.5) is 34.1 Å². The lowest BCUT2D eigenvalue weighted by molar-refractivity contribution is 0.490. The van der Waals surface area contributed by atoms with Crippen molar-refractivity contribution in [3.8, 4) is 16.8 Å². The van der Waals surface area contributed by atoms with Gasteiger partial charge in [0, 0.05) is 55.4 Å². The van der Waals surface area contributed by atoms with Crippen LogP contribution in [0.25, 0.3) is 103 Å². The van der Waals surface area contributed by atoms with Gasteiger partial charge in [-0.25, -0.2) is 0 Å². The Morgan fingerprint density at radius 2 is 0.750 bits per heavy atom. The number of anilines is 6. The molecule has 358 valence electrons. The lowest BCUT2D eigenvalue weighted by atomic mass is 9.74. The van der Waals surface area contributed by atoms with Crippen molar-refractivity contribution in [1.29, 1.82) is 0 Å². The predicted octanol–water partition coefficient (Wildman–Crippen LogP) is 20.6. The average molecular weight is 970 g/mol. The summed E-state index contributed by atoms with van der Waals surface area (Å²) in [5, 5.41) is 17.7. The van der Waals surface area contributed by atoms with Crippen molar-refractivity contribution in [1.82, 2.24) is 4.57 Å². The molecule has 0 fully saturated rings. The Hall–Kier alpha value is -9.44. The topological polar surface area (TPSA) is 11.4 Å². The summed E-state index contributed by atoms with van der Waals surface area (Å²) in [6.45, 7) is 4.73. The molecular weight excluding hydrogens is 919 g/mol. The minimum absolute atomic E-state index is 0.0608. The van der Waals surface area contributed by atoms with Crippen molar-refractivity contribution in [2.24, 2.45) is 0 Å². The average Bonchev–Trinajstić information content (AvgIpc) is 3.98. The van der Waals surface area contributed by atoms with Crippen LogP contribution in [0.1, 0.15) is 37.8 Å². The van der Waals surface area contributed by atoms with Gasteiger partial charge in [-0.1, -0.05) is 178 Å². The molecule has 15 aromatic rings. The highest BCUT2D eigenvalue weighted by atomic mass is 15.2. The molecule has 0 saturated carbocycles. The van der Waals surface area contributed by atoms with Crippen LogP contribution in [-0.2, 0) is 5.41 Å². The van der Waals surface area contributed by atoms with Gasteiger partial charge in [-0.3, -0.25) is 0 Å². The molecule has 3 heteroatoms. The number of para-hydroxylation sites is 2. The van der Waals surface area contributed by atoms with Gasteiger partial charge in [0.15, 0.2) is 0 Å². The van der Waals surface area contributed by atoms with E-state index in [1.165, 1.54) is 114 Å². The molecule has 0 radical (unpaired) electrons. The highest BCUT2D eigenvalue weighted by Gasteiger charge is 2.40. The number of fused-ring (bicyclic) bond motifs is 6. The lowest BCUT2D eigenvalue weighted by Gasteiger charge is -2.30. The Labute approximate surface area is 441 Å². The summed E-state index contributed by atoms with van der Waals surface area (Å²) in [4.78, 5) is 4.95. The van der Waals surface area contributed by atoms with Gasteiger partial charge in [0.2, 0.25) is 0 Å². The fourth-order valence-corrected chi connectivity index (χ4v) is 14.0. The maximum absolute atomic E-state index is 2.53. The van der Waals surface area contributed by atoms with Crippen LogP contribution in [0.3, 0.4) is 0 Å². The Kier molecular flexibility index (Phi) is 9.21.